The second-order valence-electron chi connectivity index (χ2n) is 8.07. The average Bonchev–Trinajstić information content (AvgIpc) is 3.47. The summed E-state index contributed by atoms with van der Waals surface area (Å²) in [5.74, 6) is 0.735. The minimum Gasteiger partial charge on any atom is -0.496 e. The Morgan fingerprint density at radius 3 is 2.61 bits per heavy atom. The molecule has 2 aromatic heterocycles. The molecule has 0 saturated heterocycles. The third kappa shape index (κ3) is 4.83. The highest BCUT2D eigenvalue weighted by Gasteiger charge is 2.34. The van der Waals surface area contributed by atoms with Crippen LogP contribution in [0.4, 0.5) is 5.00 Å². The van der Waals surface area contributed by atoms with Gasteiger partial charge in [0.05, 0.1) is 29.3 Å². The van der Waals surface area contributed by atoms with Gasteiger partial charge in [-0.15, -0.1) is 11.3 Å². The zero-order valence-corrected chi connectivity index (χ0v) is 20.1. The maximum absolute atomic E-state index is 13.5. The van der Waals surface area contributed by atoms with Gasteiger partial charge in [0.25, 0.3) is 5.91 Å². The van der Waals surface area contributed by atoms with Crippen LogP contribution in [0.2, 0.25) is 0 Å². The van der Waals surface area contributed by atoms with Gasteiger partial charge in [-0.1, -0.05) is 18.2 Å². The Labute approximate surface area is 196 Å². The number of anilines is 1. The Kier molecular flexibility index (Phi) is 7.33. The molecular formula is C24H27N3O5S. The molecule has 0 unspecified atom stereocenters. The molecule has 1 aromatic carbocycles. The predicted octanol–water partition coefficient (Wildman–Crippen LogP) is 3.98. The van der Waals surface area contributed by atoms with Gasteiger partial charge in [0.15, 0.2) is 0 Å². The van der Waals surface area contributed by atoms with Gasteiger partial charge >= 0.3 is 0 Å². The second-order valence-corrected chi connectivity index (χ2v) is 9.07. The molecule has 0 fully saturated rings. The molecule has 174 valence electrons. The molecule has 3 rings (SSSR count). The van der Waals surface area contributed by atoms with Crippen LogP contribution in [0.1, 0.15) is 35.3 Å². The summed E-state index contributed by atoms with van der Waals surface area (Å²) in [4.78, 5) is 45.0. The zero-order valence-electron chi connectivity index (χ0n) is 19.3. The quantitative estimate of drug-likeness (QED) is 0.417. The lowest BCUT2D eigenvalue weighted by Crippen LogP contribution is -2.46. The molecule has 8 nitrogen and oxygen atoms in total. The first-order chi connectivity index (χ1) is 15.7. The van der Waals surface area contributed by atoms with Crippen molar-refractivity contribution in [3.05, 3.63) is 53.4 Å². The number of benzene rings is 1. The van der Waals surface area contributed by atoms with E-state index in [9.17, 15) is 14.4 Å². The van der Waals surface area contributed by atoms with Crippen LogP contribution in [-0.2, 0) is 16.0 Å². The van der Waals surface area contributed by atoms with E-state index in [1.54, 1.807) is 34.9 Å². The number of carbonyl (C=O) groups excluding carboxylic acids is 3. The molecule has 0 N–H and O–H groups in total. The van der Waals surface area contributed by atoms with E-state index in [1.807, 2.05) is 24.3 Å². The number of nitrogens with zero attached hydrogens (tertiary/aromatic N) is 3. The standard InChI is InChI=1S/C24H27N3O5S/c1-16-19(22(30)26(4)24(2,3)14-28)23(33-20(16)21-25-11-13-32-21)27(15-29)12-10-17-8-6-7-9-18(17)31-5/h6-9,11,13-15H,10,12H2,1-5H3. The molecule has 0 aliphatic carbocycles. The van der Waals surface area contributed by atoms with Gasteiger partial charge in [-0.3, -0.25) is 9.59 Å². The van der Waals surface area contributed by atoms with Gasteiger partial charge in [-0.2, -0.15) is 0 Å². The van der Waals surface area contributed by atoms with E-state index in [4.69, 9.17) is 9.15 Å². The number of hydrogen-bond acceptors (Lipinski definition) is 7. The van der Waals surface area contributed by atoms with Crippen LogP contribution in [0.15, 0.2) is 41.1 Å². The lowest BCUT2D eigenvalue weighted by molar-refractivity contribution is -0.115. The molecule has 33 heavy (non-hydrogen) atoms. The van der Waals surface area contributed by atoms with E-state index in [-0.39, 0.29) is 5.91 Å². The fourth-order valence-corrected chi connectivity index (χ4v) is 4.58. The van der Waals surface area contributed by atoms with Crippen LogP contribution in [0.3, 0.4) is 0 Å². The molecule has 0 aliphatic heterocycles. The number of oxazole rings is 1. The Hall–Kier alpha value is -3.46. The number of methoxy groups -OCH3 is 1. The van der Waals surface area contributed by atoms with E-state index >= 15 is 0 Å². The molecule has 0 saturated carbocycles. The maximum Gasteiger partial charge on any atom is 0.257 e. The number of rotatable bonds is 10. The van der Waals surface area contributed by atoms with Gasteiger partial charge in [-0.25, -0.2) is 4.98 Å². The molecule has 2 heterocycles. The number of carbonyl (C=O) groups is 3. The monoisotopic (exact) mass is 469 g/mol. The first kappa shape index (κ1) is 24.2. The van der Waals surface area contributed by atoms with Crippen molar-refractivity contribution in [3.8, 4) is 16.5 Å². The minimum absolute atomic E-state index is 0.329. The molecular weight excluding hydrogens is 442 g/mol. The number of aromatic nitrogens is 1. The summed E-state index contributed by atoms with van der Waals surface area (Å²) in [6.45, 7) is 5.44. The minimum atomic E-state index is -1.02. The fraction of sp³-hybridized carbons (Fsp3) is 0.333. The van der Waals surface area contributed by atoms with Crippen LogP contribution in [0, 0.1) is 6.92 Å². The van der Waals surface area contributed by atoms with Gasteiger partial charge in [0.1, 0.15) is 23.3 Å². The summed E-state index contributed by atoms with van der Waals surface area (Å²) in [6, 6.07) is 7.59. The Morgan fingerprint density at radius 1 is 1.27 bits per heavy atom. The smallest absolute Gasteiger partial charge is 0.257 e. The summed E-state index contributed by atoms with van der Waals surface area (Å²) in [5, 5.41) is 0.476. The number of ether oxygens (including phenoxy) is 1. The van der Waals surface area contributed by atoms with Gasteiger partial charge in [0, 0.05) is 13.6 Å². The van der Waals surface area contributed by atoms with E-state index in [0.717, 1.165) is 17.6 Å². The van der Waals surface area contributed by atoms with Crippen molar-refractivity contribution in [2.24, 2.45) is 0 Å². The van der Waals surface area contributed by atoms with Crippen molar-refractivity contribution in [2.45, 2.75) is 32.7 Å². The highest BCUT2D eigenvalue weighted by Crippen LogP contribution is 2.42. The van der Waals surface area contributed by atoms with Crippen LogP contribution >= 0.6 is 11.3 Å². The predicted molar refractivity (Wildman–Crippen MR) is 127 cm³/mol. The SMILES string of the molecule is COc1ccccc1CCN(C=O)c1sc(-c2ncco2)c(C)c1C(=O)N(C)C(C)(C)C=O. The van der Waals surface area contributed by atoms with Crippen molar-refractivity contribution in [2.75, 3.05) is 25.6 Å². The first-order valence-corrected chi connectivity index (χ1v) is 11.2. The first-order valence-electron chi connectivity index (χ1n) is 10.4. The van der Waals surface area contributed by atoms with Crippen molar-refractivity contribution in [1.29, 1.82) is 0 Å². The summed E-state index contributed by atoms with van der Waals surface area (Å²) in [7, 11) is 3.17. The van der Waals surface area contributed by atoms with E-state index in [2.05, 4.69) is 4.98 Å². The summed E-state index contributed by atoms with van der Waals surface area (Å²) in [6.07, 6.45) is 4.94. The highest BCUT2D eigenvalue weighted by atomic mass is 32.1. The number of aldehydes is 1. The van der Waals surface area contributed by atoms with Crippen LogP contribution in [0.5, 0.6) is 5.75 Å². The van der Waals surface area contributed by atoms with E-state index in [0.29, 0.717) is 46.3 Å². The summed E-state index contributed by atoms with van der Waals surface area (Å²) in [5.41, 5.74) is 0.910. The normalized spacial score (nSPS) is 11.2. The third-order valence-electron chi connectivity index (χ3n) is 5.63. The van der Waals surface area contributed by atoms with Crippen molar-refractivity contribution < 1.29 is 23.5 Å². The molecule has 0 atom stereocenters. The number of amides is 2. The third-order valence-corrected chi connectivity index (χ3v) is 6.95. The van der Waals surface area contributed by atoms with Crippen molar-refractivity contribution in [3.63, 3.8) is 0 Å². The largest absolute Gasteiger partial charge is 0.496 e. The Morgan fingerprint density at radius 2 is 2.00 bits per heavy atom. The number of hydrogen-bond donors (Lipinski definition) is 0. The highest BCUT2D eigenvalue weighted by molar-refractivity contribution is 7.20. The topological polar surface area (TPSA) is 92.9 Å². The van der Waals surface area contributed by atoms with Gasteiger partial charge in [0.2, 0.25) is 12.3 Å². The van der Waals surface area contributed by atoms with Gasteiger partial charge in [-0.05, 0) is 44.4 Å². The van der Waals surface area contributed by atoms with Gasteiger partial charge < -0.3 is 23.7 Å². The maximum atomic E-state index is 13.5. The van der Waals surface area contributed by atoms with E-state index in [1.165, 1.54) is 33.6 Å². The lowest BCUT2D eigenvalue weighted by Gasteiger charge is -2.31. The average molecular weight is 470 g/mol. The molecule has 3 aromatic rings. The molecule has 0 aliphatic rings. The van der Waals surface area contributed by atoms with Crippen molar-refractivity contribution >= 4 is 34.9 Å². The summed E-state index contributed by atoms with van der Waals surface area (Å²) >= 11 is 1.26. The van der Waals surface area contributed by atoms with Crippen LogP contribution in [0.25, 0.3) is 10.8 Å². The zero-order chi connectivity index (χ0) is 24.2. The van der Waals surface area contributed by atoms with Crippen LogP contribution in [-0.4, -0.2) is 54.7 Å². The Bertz CT molecular complexity index is 1140. The number of likely N-dealkylation sites (N-methyl/N-ethyl adjacent to an activating group) is 1. The number of para-hydroxylation sites is 1. The Balaban J connectivity index is 2.04. The second kappa shape index (κ2) is 9.99. The molecule has 0 radical (unpaired) electrons. The molecule has 0 bridgehead atoms. The van der Waals surface area contributed by atoms with Crippen LogP contribution < -0.4 is 9.64 Å². The fourth-order valence-electron chi connectivity index (χ4n) is 3.35. The van der Waals surface area contributed by atoms with E-state index < -0.39 is 5.54 Å². The summed E-state index contributed by atoms with van der Waals surface area (Å²) < 4.78 is 10.9. The molecule has 9 heteroatoms. The number of thiophene rings is 1. The lowest BCUT2D eigenvalue weighted by atomic mass is 10.0. The molecule has 0 spiro atoms. The molecule has 2 amide bonds. The van der Waals surface area contributed by atoms with Crippen molar-refractivity contribution in [1.82, 2.24) is 9.88 Å².